The summed E-state index contributed by atoms with van der Waals surface area (Å²) in [4.78, 5) is 12.3. The van der Waals surface area contributed by atoms with Crippen molar-refractivity contribution in [1.29, 1.82) is 0 Å². The van der Waals surface area contributed by atoms with Gasteiger partial charge in [0, 0.05) is 22.5 Å². The lowest BCUT2D eigenvalue weighted by molar-refractivity contribution is -0.742. The number of hydrogen-bond donors (Lipinski definition) is 1. The van der Waals surface area contributed by atoms with Gasteiger partial charge in [-0.15, -0.1) is 10.1 Å². The summed E-state index contributed by atoms with van der Waals surface area (Å²) in [7, 11) is 0. The molecule has 1 aromatic heterocycles. The average Bonchev–Trinajstić information content (AvgIpc) is 2.96. The molecule has 0 aliphatic heterocycles. The van der Waals surface area contributed by atoms with Gasteiger partial charge < -0.3 is 5.21 Å². The van der Waals surface area contributed by atoms with Crippen molar-refractivity contribution in [3.63, 3.8) is 0 Å². The second-order valence-corrected chi connectivity index (χ2v) is 5.70. The molecule has 0 amide bonds. The summed E-state index contributed by atoms with van der Waals surface area (Å²) in [6, 6.07) is 5.71. The molecule has 2 rings (SSSR count). The van der Waals surface area contributed by atoms with E-state index in [1.54, 1.807) is 18.7 Å². The molecule has 1 heterocycles. The van der Waals surface area contributed by atoms with E-state index in [0.29, 0.717) is 10.9 Å². The molecule has 0 radical (unpaired) electrons. The molecule has 0 aliphatic carbocycles. The summed E-state index contributed by atoms with van der Waals surface area (Å²) < 4.78 is 1.85. The van der Waals surface area contributed by atoms with Gasteiger partial charge in [0.2, 0.25) is 0 Å². The first-order chi connectivity index (χ1) is 10.9. The number of hydrogen-bond acceptors (Lipinski definition) is 4. The first kappa shape index (κ1) is 19.2. The van der Waals surface area contributed by atoms with Crippen LogP contribution in [0.4, 0.5) is 0 Å². The van der Waals surface area contributed by atoms with E-state index in [1.807, 2.05) is 16.8 Å². The van der Waals surface area contributed by atoms with E-state index >= 15 is 0 Å². The third kappa shape index (κ3) is 7.30. The van der Waals surface area contributed by atoms with Crippen LogP contribution in [-0.4, -0.2) is 25.1 Å². The Balaban J connectivity index is 0.000000593. The van der Waals surface area contributed by atoms with Crippen LogP contribution in [0.15, 0.2) is 30.9 Å². The second kappa shape index (κ2) is 10.0. The van der Waals surface area contributed by atoms with Crippen molar-refractivity contribution >= 4 is 23.2 Å². The van der Waals surface area contributed by atoms with Crippen molar-refractivity contribution in [3.05, 3.63) is 56.6 Å². The fraction of sp³-hybridized carbons (Fsp3) is 0.429. The van der Waals surface area contributed by atoms with Crippen molar-refractivity contribution < 1.29 is 10.3 Å². The molecule has 1 unspecified atom stereocenters. The zero-order valence-electron chi connectivity index (χ0n) is 12.6. The molecule has 23 heavy (non-hydrogen) atoms. The highest BCUT2D eigenvalue weighted by molar-refractivity contribution is 6.35. The fourth-order valence-electron chi connectivity index (χ4n) is 2.18. The quantitative estimate of drug-likeness (QED) is 0.614. The van der Waals surface area contributed by atoms with Crippen LogP contribution in [0.1, 0.15) is 37.7 Å². The molecule has 9 heteroatoms. The lowest BCUT2D eigenvalue weighted by atomic mass is 9.93. The number of rotatable bonds is 6. The number of benzene rings is 1. The highest BCUT2D eigenvalue weighted by atomic mass is 35.5. The highest BCUT2D eigenvalue weighted by Gasteiger charge is 2.16. The maximum atomic E-state index is 8.36. The maximum absolute atomic E-state index is 8.36. The Labute approximate surface area is 144 Å². The van der Waals surface area contributed by atoms with Gasteiger partial charge in [-0.3, -0.25) is 4.68 Å². The first-order valence-corrected chi connectivity index (χ1v) is 7.80. The standard InChI is InChI=1S/C14H17Cl2N3.HNO3/c1-2-3-4-11(8-19-10-17-9-18-19)13-6-5-12(15)7-14(13)16;2-1(3)4/h5-7,9-11H,2-4,8H2,1H3;(H,2,3,4). The van der Waals surface area contributed by atoms with Crippen LogP contribution in [-0.2, 0) is 6.54 Å². The predicted octanol–water partition coefficient (Wildman–Crippen LogP) is 4.21. The van der Waals surface area contributed by atoms with Crippen molar-refractivity contribution in [1.82, 2.24) is 14.8 Å². The summed E-state index contributed by atoms with van der Waals surface area (Å²) in [6.07, 6.45) is 6.71. The Bertz CT molecular complexity index is 604. The molecule has 0 aliphatic rings. The van der Waals surface area contributed by atoms with Gasteiger partial charge in [-0.05, 0) is 24.1 Å². The van der Waals surface area contributed by atoms with E-state index < -0.39 is 5.09 Å². The number of halogens is 2. The third-order valence-corrected chi connectivity index (χ3v) is 3.74. The van der Waals surface area contributed by atoms with Crippen molar-refractivity contribution in [3.8, 4) is 0 Å². The van der Waals surface area contributed by atoms with Crippen LogP contribution in [0.5, 0.6) is 0 Å². The SMILES string of the molecule is CCCCC(Cn1cncn1)c1ccc(Cl)cc1Cl.O=[N+]([O-])O. The smallest absolute Gasteiger partial charge is 0.291 e. The molecule has 0 bridgehead atoms. The Kier molecular flexibility index (Phi) is 8.36. The minimum Gasteiger partial charge on any atom is -0.328 e. The normalized spacial score (nSPS) is 11.4. The molecule has 0 spiro atoms. The Morgan fingerprint density at radius 3 is 2.65 bits per heavy atom. The van der Waals surface area contributed by atoms with Gasteiger partial charge in [0.15, 0.2) is 0 Å². The molecular weight excluding hydrogens is 343 g/mol. The van der Waals surface area contributed by atoms with Gasteiger partial charge in [-0.2, -0.15) is 5.10 Å². The topological polar surface area (TPSA) is 94.1 Å². The minimum absolute atomic E-state index is 0.339. The lowest BCUT2D eigenvalue weighted by Gasteiger charge is -2.18. The molecule has 0 fully saturated rings. The molecule has 0 saturated carbocycles. The Morgan fingerprint density at radius 1 is 1.43 bits per heavy atom. The minimum atomic E-state index is -1.50. The maximum Gasteiger partial charge on any atom is 0.291 e. The van der Waals surface area contributed by atoms with Crippen LogP contribution in [0, 0.1) is 10.1 Å². The molecule has 1 aromatic carbocycles. The van der Waals surface area contributed by atoms with Gasteiger partial charge in [-0.25, -0.2) is 4.98 Å². The number of aromatic nitrogens is 3. The average molecular weight is 361 g/mol. The lowest BCUT2D eigenvalue weighted by Crippen LogP contribution is -2.10. The third-order valence-electron chi connectivity index (χ3n) is 3.18. The first-order valence-electron chi connectivity index (χ1n) is 7.04. The van der Waals surface area contributed by atoms with Gasteiger partial charge in [-0.1, -0.05) is 49.0 Å². The van der Waals surface area contributed by atoms with E-state index in [2.05, 4.69) is 17.0 Å². The highest BCUT2D eigenvalue weighted by Crippen LogP contribution is 2.31. The summed E-state index contributed by atoms with van der Waals surface area (Å²) in [6.45, 7) is 2.98. The van der Waals surface area contributed by atoms with Crippen molar-refractivity contribution in [2.45, 2.75) is 38.6 Å². The van der Waals surface area contributed by atoms with Gasteiger partial charge in [0.05, 0.1) is 0 Å². The van der Waals surface area contributed by atoms with Crippen LogP contribution in [0.3, 0.4) is 0 Å². The van der Waals surface area contributed by atoms with E-state index in [4.69, 9.17) is 38.5 Å². The largest absolute Gasteiger partial charge is 0.328 e. The van der Waals surface area contributed by atoms with Gasteiger partial charge >= 0.3 is 0 Å². The molecule has 0 saturated heterocycles. The van der Waals surface area contributed by atoms with Gasteiger partial charge in [0.25, 0.3) is 5.09 Å². The molecule has 7 nitrogen and oxygen atoms in total. The zero-order chi connectivity index (χ0) is 17.2. The Hall–Kier alpha value is -1.86. The van der Waals surface area contributed by atoms with Crippen molar-refractivity contribution in [2.75, 3.05) is 0 Å². The monoisotopic (exact) mass is 360 g/mol. The van der Waals surface area contributed by atoms with E-state index in [-0.39, 0.29) is 0 Å². The summed E-state index contributed by atoms with van der Waals surface area (Å²) >= 11 is 12.3. The van der Waals surface area contributed by atoms with E-state index in [0.717, 1.165) is 30.0 Å². The van der Waals surface area contributed by atoms with E-state index in [1.165, 1.54) is 6.42 Å². The second-order valence-electron chi connectivity index (χ2n) is 4.86. The summed E-state index contributed by atoms with van der Waals surface area (Å²) in [5, 5.41) is 19.2. The summed E-state index contributed by atoms with van der Waals surface area (Å²) in [5.74, 6) is 0.339. The molecule has 2 aromatic rings. The Morgan fingerprint density at radius 2 is 2.13 bits per heavy atom. The zero-order valence-corrected chi connectivity index (χ0v) is 14.1. The van der Waals surface area contributed by atoms with E-state index in [9.17, 15) is 0 Å². The van der Waals surface area contributed by atoms with Crippen LogP contribution < -0.4 is 0 Å². The van der Waals surface area contributed by atoms with Crippen LogP contribution >= 0.6 is 23.2 Å². The molecule has 1 N–H and O–H groups in total. The number of nitrogens with zero attached hydrogens (tertiary/aromatic N) is 4. The molecular formula is C14H18Cl2N4O3. The molecule has 1 atom stereocenters. The number of unbranched alkanes of at least 4 members (excludes halogenated alkanes) is 1. The van der Waals surface area contributed by atoms with Gasteiger partial charge in [0.1, 0.15) is 12.7 Å². The van der Waals surface area contributed by atoms with Crippen LogP contribution in [0.25, 0.3) is 0 Å². The molecule has 126 valence electrons. The van der Waals surface area contributed by atoms with Crippen LogP contribution in [0.2, 0.25) is 10.0 Å². The van der Waals surface area contributed by atoms with Crippen molar-refractivity contribution in [2.24, 2.45) is 0 Å². The predicted molar refractivity (Wildman–Crippen MR) is 87.5 cm³/mol. The fourth-order valence-corrected chi connectivity index (χ4v) is 2.74. The summed E-state index contributed by atoms with van der Waals surface area (Å²) in [5.41, 5.74) is 1.13.